The fourth-order valence-corrected chi connectivity index (χ4v) is 3.70. The zero-order valence-electron chi connectivity index (χ0n) is 11.1. The van der Waals surface area contributed by atoms with Gasteiger partial charge in [0.2, 0.25) is 5.91 Å². The summed E-state index contributed by atoms with van der Waals surface area (Å²) >= 11 is 0. The third-order valence-corrected chi connectivity index (χ3v) is 4.78. The summed E-state index contributed by atoms with van der Waals surface area (Å²) in [6.45, 7) is 0.616. The predicted molar refractivity (Wildman–Crippen MR) is 73.0 cm³/mol. The van der Waals surface area contributed by atoms with Crippen molar-refractivity contribution in [1.82, 2.24) is 10.2 Å². The Balaban J connectivity index is 0.00000147. The molecule has 20 heavy (non-hydrogen) atoms. The molecule has 7 heteroatoms. The van der Waals surface area contributed by atoms with Gasteiger partial charge in [0.05, 0.1) is 24.3 Å². The number of fused-ring (bicyclic) bond motifs is 3. The van der Waals surface area contributed by atoms with Crippen molar-refractivity contribution >= 4 is 18.3 Å². The van der Waals surface area contributed by atoms with Gasteiger partial charge in [-0.05, 0) is 25.7 Å². The van der Waals surface area contributed by atoms with Crippen molar-refractivity contribution in [3.8, 4) is 6.07 Å². The zero-order chi connectivity index (χ0) is 13.6. The monoisotopic (exact) mass is 301 g/mol. The molecule has 3 saturated heterocycles. The van der Waals surface area contributed by atoms with Crippen molar-refractivity contribution in [2.24, 2.45) is 5.92 Å². The lowest BCUT2D eigenvalue weighted by atomic mass is 9.72. The first-order valence-electron chi connectivity index (χ1n) is 6.95. The average molecular weight is 302 g/mol. The number of carbonyl (C=O) groups is 1. The van der Waals surface area contributed by atoms with Gasteiger partial charge in [-0.2, -0.15) is 5.26 Å². The summed E-state index contributed by atoms with van der Waals surface area (Å²) in [7, 11) is 0. The predicted octanol–water partition coefficient (Wildman–Crippen LogP) is -0.605. The highest BCUT2D eigenvalue weighted by atomic mass is 35.5. The van der Waals surface area contributed by atoms with Gasteiger partial charge >= 0.3 is 0 Å². The Bertz CT molecular complexity index is 426. The van der Waals surface area contributed by atoms with Crippen LogP contribution >= 0.6 is 12.4 Å². The molecule has 112 valence electrons. The standard InChI is InChI=1S/C13H19N3O3.ClH/c14-6-7-2-1-5-16(7)13(19)10-8-3-4-9(15-10)12(18)11(8)17;/h7-12,15,17-18H,1-5H2;1H/t7-,8+,9-,10-,11-,12+;/m0./s1. The highest BCUT2D eigenvalue weighted by Crippen LogP contribution is 2.35. The van der Waals surface area contributed by atoms with Crippen LogP contribution in [0, 0.1) is 17.2 Å². The number of hydrogen-bond donors (Lipinski definition) is 3. The molecule has 2 bridgehead atoms. The number of carbonyl (C=O) groups excluding carboxylic acids is 1. The second-order valence-corrected chi connectivity index (χ2v) is 5.79. The van der Waals surface area contributed by atoms with Gasteiger partial charge in [0.25, 0.3) is 0 Å². The first-order valence-corrected chi connectivity index (χ1v) is 6.95. The molecule has 4 fully saturated rings. The zero-order valence-corrected chi connectivity index (χ0v) is 11.9. The van der Waals surface area contributed by atoms with Gasteiger partial charge < -0.3 is 20.4 Å². The van der Waals surface area contributed by atoms with Gasteiger partial charge in [0, 0.05) is 18.5 Å². The van der Waals surface area contributed by atoms with E-state index in [1.807, 2.05) is 0 Å². The molecule has 4 rings (SSSR count). The molecular weight excluding hydrogens is 282 g/mol. The van der Waals surface area contributed by atoms with Crippen molar-refractivity contribution < 1.29 is 15.0 Å². The van der Waals surface area contributed by atoms with E-state index in [9.17, 15) is 15.0 Å². The van der Waals surface area contributed by atoms with E-state index in [0.29, 0.717) is 6.54 Å². The van der Waals surface area contributed by atoms with Crippen LogP contribution in [0.25, 0.3) is 0 Å². The molecule has 1 amide bonds. The fraction of sp³-hybridized carbons (Fsp3) is 0.846. The van der Waals surface area contributed by atoms with Crippen LogP contribution in [-0.2, 0) is 4.79 Å². The molecule has 6 atom stereocenters. The van der Waals surface area contributed by atoms with E-state index in [1.54, 1.807) is 4.90 Å². The summed E-state index contributed by atoms with van der Waals surface area (Å²) in [5.41, 5.74) is 0. The van der Waals surface area contributed by atoms with Gasteiger partial charge in [-0.3, -0.25) is 4.79 Å². The normalized spacial score (nSPS) is 43.0. The summed E-state index contributed by atoms with van der Waals surface area (Å²) in [5, 5.41) is 32.1. The molecule has 4 aliphatic rings. The minimum Gasteiger partial charge on any atom is -0.390 e. The van der Waals surface area contributed by atoms with Crippen molar-refractivity contribution in [3.63, 3.8) is 0 Å². The number of nitriles is 1. The Morgan fingerprint density at radius 2 is 2.00 bits per heavy atom. The number of piperidine rings is 2. The number of hydrogen-bond acceptors (Lipinski definition) is 5. The van der Waals surface area contributed by atoms with Gasteiger partial charge in [-0.1, -0.05) is 0 Å². The van der Waals surface area contributed by atoms with Crippen molar-refractivity contribution in [2.75, 3.05) is 6.54 Å². The molecule has 1 saturated carbocycles. The molecule has 0 unspecified atom stereocenters. The second-order valence-electron chi connectivity index (χ2n) is 5.79. The van der Waals surface area contributed by atoms with Crippen molar-refractivity contribution in [1.29, 1.82) is 5.26 Å². The Morgan fingerprint density at radius 3 is 2.65 bits per heavy atom. The second kappa shape index (κ2) is 5.86. The number of nitrogens with one attached hydrogen (secondary N) is 1. The highest BCUT2D eigenvalue weighted by molar-refractivity contribution is 5.85. The van der Waals surface area contributed by atoms with E-state index >= 15 is 0 Å². The maximum Gasteiger partial charge on any atom is 0.241 e. The van der Waals surface area contributed by atoms with Gasteiger partial charge in [-0.25, -0.2) is 0 Å². The average Bonchev–Trinajstić information content (AvgIpc) is 2.91. The number of aliphatic hydroxyl groups excluding tert-OH is 2. The molecule has 3 N–H and O–H groups in total. The van der Waals surface area contributed by atoms with E-state index < -0.39 is 18.2 Å². The fourth-order valence-electron chi connectivity index (χ4n) is 3.70. The molecular formula is C13H20ClN3O3. The highest BCUT2D eigenvalue weighted by Gasteiger charge is 2.51. The maximum atomic E-state index is 12.5. The summed E-state index contributed by atoms with van der Waals surface area (Å²) in [5.74, 6) is -0.336. The largest absolute Gasteiger partial charge is 0.390 e. The molecule has 3 aliphatic heterocycles. The van der Waals surface area contributed by atoms with E-state index in [0.717, 1.165) is 25.7 Å². The van der Waals surface area contributed by atoms with Gasteiger partial charge in [0.1, 0.15) is 6.04 Å². The Kier molecular flexibility index (Phi) is 4.55. The lowest BCUT2D eigenvalue weighted by molar-refractivity contribution is -0.150. The van der Waals surface area contributed by atoms with E-state index in [4.69, 9.17) is 5.26 Å². The van der Waals surface area contributed by atoms with Crippen LogP contribution in [0.1, 0.15) is 25.7 Å². The minimum atomic E-state index is -0.836. The lowest BCUT2D eigenvalue weighted by Crippen LogP contribution is -2.69. The smallest absolute Gasteiger partial charge is 0.241 e. The third-order valence-electron chi connectivity index (χ3n) is 4.78. The van der Waals surface area contributed by atoms with Crippen LogP contribution in [0.3, 0.4) is 0 Å². The van der Waals surface area contributed by atoms with Crippen LogP contribution in [0.2, 0.25) is 0 Å². The van der Waals surface area contributed by atoms with Crippen LogP contribution in [0.4, 0.5) is 0 Å². The lowest BCUT2D eigenvalue weighted by Gasteiger charge is -2.49. The Morgan fingerprint density at radius 1 is 1.25 bits per heavy atom. The molecule has 1 aliphatic carbocycles. The molecule has 6 nitrogen and oxygen atoms in total. The maximum absolute atomic E-state index is 12.5. The van der Waals surface area contributed by atoms with E-state index in [1.165, 1.54) is 0 Å². The summed E-state index contributed by atoms with van der Waals surface area (Å²) in [4.78, 5) is 14.2. The number of rotatable bonds is 1. The van der Waals surface area contributed by atoms with Crippen molar-refractivity contribution in [3.05, 3.63) is 0 Å². The van der Waals surface area contributed by atoms with Crippen LogP contribution in [0.5, 0.6) is 0 Å². The summed E-state index contributed by atoms with van der Waals surface area (Å²) < 4.78 is 0. The minimum absolute atomic E-state index is 0. The SMILES string of the molecule is Cl.N#C[C@@H]1CCCN1C(=O)[C@H]1N[C@H]2CC[C@H]1[C@H](O)[C@@H]2O. The number of aliphatic hydroxyl groups is 2. The topological polar surface area (TPSA) is 96.6 Å². The first kappa shape index (κ1) is 15.5. The Labute approximate surface area is 124 Å². The van der Waals surface area contributed by atoms with Crippen LogP contribution in [0.15, 0.2) is 0 Å². The Hall–Kier alpha value is -0.870. The summed E-state index contributed by atoms with van der Waals surface area (Å²) in [6.07, 6.45) is 1.50. The first-order chi connectivity index (χ1) is 9.13. The molecule has 0 aromatic rings. The third kappa shape index (κ3) is 2.29. The van der Waals surface area contributed by atoms with Crippen molar-refractivity contribution in [2.45, 2.75) is 56.0 Å². The molecule has 3 heterocycles. The van der Waals surface area contributed by atoms with Gasteiger partial charge in [-0.15, -0.1) is 12.4 Å². The van der Waals surface area contributed by atoms with E-state index in [-0.39, 0.29) is 36.3 Å². The van der Waals surface area contributed by atoms with Crippen LogP contribution < -0.4 is 5.32 Å². The number of halogens is 1. The quantitative estimate of drug-likeness (QED) is 0.601. The molecule has 0 aromatic carbocycles. The molecule has 0 aromatic heterocycles. The van der Waals surface area contributed by atoms with Crippen LogP contribution in [-0.4, -0.2) is 57.9 Å². The number of amides is 1. The molecule has 0 spiro atoms. The number of nitrogens with zero attached hydrogens (tertiary/aromatic N) is 2. The summed E-state index contributed by atoms with van der Waals surface area (Å²) in [6, 6.07) is 1.16. The number of likely N-dealkylation sites (tertiary alicyclic amines) is 1. The van der Waals surface area contributed by atoms with E-state index in [2.05, 4.69) is 11.4 Å². The van der Waals surface area contributed by atoms with Gasteiger partial charge in [0.15, 0.2) is 0 Å². The molecule has 0 radical (unpaired) electrons.